The van der Waals surface area contributed by atoms with E-state index in [0.29, 0.717) is 4.90 Å². The SMILES string of the molecule is Cc1ccccc1CNS(=O)(=O)c1cc(-c2nc(C)c(C)s2)sc1C. The van der Waals surface area contributed by atoms with Crippen molar-refractivity contribution in [3.63, 3.8) is 0 Å². The fraction of sp³-hybridized carbons (Fsp3) is 0.278. The Bertz CT molecular complexity index is 997. The van der Waals surface area contributed by atoms with Crippen molar-refractivity contribution in [1.29, 1.82) is 0 Å². The van der Waals surface area contributed by atoms with Gasteiger partial charge in [-0.25, -0.2) is 18.1 Å². The highest BCUT2D eigenvalue weighted by atomic mass is 32.2. The fourth-order valence-electron chi connectivity index (χ4n) is 2.47. The van der Waals surface area contributed by atoms with Crippen molar-refractivity contribution in [3.05, 3.63) is 56.9 Å². The molecular formula is C18H20N2O2S3. The minimum atomic E-state index is -3.56. The highest BCUT2D eigenvalue weighted by molar-refractivity contribution is 7.89. The van der Waals surface area contributed by atoms with Crippen molar-refractivity contribution < 1.29 is 8.42 Å². The number of thiophene rings is 1. The average Bonchev–Trinajstić information content (AvgIpc) is 3.10. The lowest BCUT2D eigenvalue weighted by Gasteiger charge is -2.08. The van der Waals surface area contributed by atoms with Gasteiger partial charge in [0.25, 0.3) is 0 Å². The maximum Gasteiger partial charge on any atom is 0.241 e. The van der Waals surface area contributed by atoms with Gasteiger partial charge in [0.2, 0.25) is 10.0 Å². The van der Waals surface area contributed by atoms with Crippen LogP contribution in [0.3, 0.4) is 0 Å². The zero-order valence-corrected chi connectivity index (χ0v) is 17.0. The van der Waals surface area contributed by atoms with Crippen LogP contribution in [0.4, 0.5) is 0 Å². The second-order valence-corrected chi connectivity index (χ2v) is 10.1. The predicted octanol–water partition coefficient (Wildman–Crippen LogP) is 4.58. The molecule has 0 fully saturated rings. The van der Waals surface area contributed by atoms with E-state index >= 15 is 0 Å². The number of nitrogens with zero attached hydrogens (tertiary/aromatic N) is 1. The Morgan fingerprint density at radius 1 is 1.04 bits per heavy atom. The Balaban J connectivity index is 1.86. The molecule has 0 unspecified atom stereocenters. The first-order valence-corrected chi connectivity index (χ1v) is 11.0. The third-order valence-electron chi connectivity index (χ3n) is 4.11. The first-order valence-electron chi connectivity index (χ1n) is 7.87. The van der Waals surface area contributed by atoms with Crippen molar-refractivity contribution >= 4 is 32.7 Å². The molecule has 4 nitrogen and oxygen atoms in total. The normalized spacial score (nSPS) is 11.8. The zero-order valence-electron chi connectivity index (χ0n) is 14.6. The molecule has 0 amide bonds. The van der Waals surface area contributed by atoms with E-state index < -0.39 is 10.0 Å². The Labute approximate surface area is 156 Å². The lowest BCUT2D eigenvalue weighted by Crippen LogP contribution is -2.23. The van der Waals surface area contributed by atoms with Crippen LogP contribution in [0.5, 0.6) is 0 Å². The highest BCUT2D eigenvalue weighted by Gasteiger charge is 2.21. The van der Waals surface area contributed by atoms with Crippen molar-refractivity contribution in [2.24, 2.45) is 0 Å². The van der Waals surface area contributed by atoms with Crippen LogP contribution >= 0.6 is 22.7 Å². The van der Waals surface area contributed by atoms with E-state index in [1.807, 2.05) is 52.0 Å². The molecule has 0 aliphatic heterocycles. The topological polar surface area (TPSA) is 59.1 Å². The van der Waals surface area contributed by atoms with E-state index in [0.717, 1.165) is 36.5 Å². The molecule has 7 heteroatoms. The van der Waals surface area contributed by atoms with Crippen molar-refractivity contribution in [2.45, 2.75) is 39.1 Å². The van der Waals surface area contributed by atoms with Crippen LogP contribution in [0.15, 0.2) is 35.2 Å². The van der Waals surface area contributed by atoms with Crippen molar-refractivity contribution in [1.82, 2.24) is 9.71 Å². The molecule has 3 rings (SSSR count). The fourth-order valence-corrected chi connectivity index (χ4v) is 6.03. The summed E-state index contributed by atoms with van der Waals surface area (Å²) in [5.74, 6) is 0. The molecule has 0 radical (unpaired) electrons. The van der Waals surface area contributed by atoms with Crippen molar-refractivity contribution in [2.75, 3.05) is 0 Å². The Kier molecular flexibility index (Phi) is 5.11. The highest BCUT2D eigenvalue weighted by Crippen LogP contribution is 2.36. The Hall–Kier alpha value is -1.54. The molecule has 25 heavy (non-hydrogen) atoms. The van der Waals surface area contributed by atoms with Gasteiger partial charge < -0.3 is 0 Å². The molecule has 0 saturated heterocycles. The number of nitrogens with one attached hydrogen (secondary N) is 1. The van der Waals surface area contributed by atoms with E-state index in [4.69, 9.17) is 0 Å². The van der Waals surface area contributed by atoms with Gasteiger partial charge in [0.05, 0.1) is 15.5 Å². The molecule has 0 bridgehead atoms. The van der Waals surface area contributed by atoms with E-state index in [1.54, 1.807) is 17.4 Å². The van der Waals surface area contributed by atoms with Crippen molar-refractivity contribution in [3.8, 4) is 9.88 Å². The maximum atomic E-state index is 12.7. The van der Waals surface area contributed by atoms with E-state index in [1.165, 1.54) is 11.3 Å². The summed E-state index contributed by atoms with van der Waals surface area (Å²) in [6.45, 7) is 8.10. The van der Waals surface area contributed by atoms with Gasteiger partial charge in [-0.1, -0.05) is 24.3 Å². The molecule has 1 aromatic carbocycles. The largest absolute Gasteiger partial charge is 0.241 e. The quantitative estimate of drug-likeness (QED) is 0.691. The summed E-state index contributed by atoms with van der Waals surface area (Å²) in [5, 5.41) is 0.878. The summed E-state index contributed by atoms with van der Waals surface area (Å²) in [6, 6.07) is 9.51. The third kappa shape index (κ3) is 3.84. The first kappa shape index (κ1) is 18.3. The van der Waals surface area contributed by atoms with Gasteiger partial charge in [-0.05, 0) is 44.9 Å². The summed E-state index contributed by atoms with van der Waals surface area (Å²) < 4.78 is 28.2. The minimum Gasteiger partial charge on any atom is -0.240 e. The summed E-state index contributed by atoms with van der Waals surface area (Å²) >= 11 is 3.07. The van der Waals surface area contributed by atoms with Crippen LogP contribution in [0.25, 0.3) is 9.88 Å². The van der Waals surface area contributed by atoms with Gasteiger partial charge in [-0.3, -0.25) is 0 Å². The number of sulfonamides is 1. The van der Waals surface area contributed by atoms with Crippen LogP contribution in [0.2, 0.25) is 0 Å². The maximum absolute atomic E-state index is 12.7. The average molecular weight is 393 g/mol. The lowest BCUT2D eigenvalue weighted by atomic mass is 10.1. The standard InChI is InChI=1S/C18H20N2O2S3/c1-11-7-5-6-8-15(11)10-19-25(21,22)17-9-16(23-14(17)4)18-20-12(2)13(3)24-18/h5-9,19H,10H2,1-4H3. The molecule has 1 N–H and O–H groups in total. The minimum absolute atomic E-state index is 0.287. The number of benzene rings is 1. The lowest BCUT2D eigenvalue weighted by molar-refractivity contribution is 0.581. The molecule has 0 aliphatic rings. The van der Waals surface area contributed by atoms with Crippen LogP contribution in [-0.2, 0) is 16.6 Å². The number of hydrogen-bond acceptors (Lipinski definition) is 5. The molecular weight excluding hydrogens is 372 g/mol. The van der Waals surface area contributed by atoms with E-state index in [9.17, 15) is 8.42 Å². The summed E-state index contributed by atoms with van der Waals surface area (Å²) in [7, 11) is -3.56. The van der Waals surface area contributed by atoms with Crippen LogP contribution in [0.1, 0.15) is 26.6 Å². The second-order valence-electron chi connectivity index (χ2n) is 5.94. The summed E-state index contributed by atoms with van der Waals surface area (Å²) in [4.78, 5) is 7.70. The first-order chi connectivity index (χ1) is 11.8. The molecule has 0 aliphatic carbocycles. The number of aryl methyl sites for hydroxylation is 4. The molecule has 2 aromatic heterocycles. The molecule has 132 valence electrons. The smallest absolute Gasteiger partial charge is 0.240 e. The van der Waals surface area contributed by atoms with Gasteiger partial charge in [0, 0.05) is 16.3 Å². The summed E-state index contributed by atoms with van der Waals surface area (Å²) in [6.07, 6.45) is 0. The Morgan fingerprint density at radius 2 is 1.76 bits per heavy atom. The number of rotatable bonds is 5. The third-order valence-corrected chi connectivity index (χ3v) is 8.06. The van der Waals surface area contributed by atoms with Gasteiger partial charge in [-0.15, -0.1) is 22.7 Å². The van der Waals surface area contributed by atoms with Gasteiger partial charge in [0.15, 0.2) is 0 Å². The monoisotopic (exact) mass is 392 g/mol. The van der Waals surface area contributed by atoms with Crippen LogP contribution < -0.4 is 4.72 Å². The van der Waals surface area contributed by atoms with Gasteiger partial charge in [0.1, 0.15) is 5.01 Å². The van der Waals surface area contributed by atoms with Gasteiger partial charge >= 0.3 is 0 Å². The number of thiazole rings is 1. The molecule has 0 atom stereocenters. The van der Waals surface area contributed by atoms with Crippen LogP contribution in [0, 0.1) is 27.7 Å². The molecule has 2 heterocycles. The number of hydrogen-bond donors (Lipinski definition) is 1. The van der Waals surface area contributed by atoms with Crippen LogP contribution in [-0.4, -0.2) is 13.4 Å². The second kappa shape index (κ2) is 6.99. The Morgan fingerprint density at radius 3 is 2.40 bits per heavy atom. The zero-order chi connectivity index (χ0) is 18.2. The molecule has 3 aromatic rings. The van der Waals surface area contributed by atoms with E-state index in [-0.39, 0.29) is 6.54 Å². The van der Waals surface area contributed by atoms with Gasteiger partial charge in [-0.2, -0.15) is 0 Å². The summed E-state index contributed by atoms with van der Waals surface area (Å²) in [5.41, 5.74) is 3.04. The van der Waals surface area contributed by atoms with E-state index in [2.05, 4.69) is 9.71 Å². The predicted molar refractivity (Wildman–Crippen MR) is 105 cm³/mol. The number of aromatic nitrogens is 1. The molecule has 0 saturated carbocycles. The molecule has 0 spiro atoms.